The third kappa shape index (κ3) is 2.17. The Morgan fingerprint density at radius 3 is 2.72 bits per heavy atom. The molecule has 0 atom stereocenters. The highest BCUT2D eigenvalue weighted by molar-refractivity contribution is 6.29. The summed E-state index contributed by atoms with van der Waals surface area (Å²) in [6, 6.07) is 11.5. The molecule has 4 nitrogen and oxygen atoms in total. The van der Waals surface area contributed by atoms with Gasteiger partial charge in [-0.1, -0.05) is 23.7 Å². The number of carbonyl (C=O) groups excluding carboxylic acids is 1. The van der Waals surface area contributed by atoms with E-state index in [4.69, 9.17) is 22.6 Å². The average molecular weight is 258 g/mol. The van der Waals surface area contributed by atoms with Crippen LogP contribution in [0.3, 0.4) is 0 Å². The number of carbonyl (C=O) groups is 1. The first kappa shape index (κ1) is 12.1. The molecule has 2 aromatic rings. The molecular weight excluding hydrogens is 250 g/mol. The molecule has 2 N–H and O–H groups in total. The molecule has 0 fully saturated rings. The van der Waals surface area contributed by atoms with Crippen LogP contribution >= 0.6 is 11.6 Å². The van der Waals surface area contributed by atoms with Gasteiger partial charge in [-0.05, 0) is 24.3 Å². The Bertz CT molecular complexity index is 662. The summed E-state index contributed by atoms with van der Waals surface area (Å²) in [7, 11) is 0. The van der Waals surface area contributed by atoms with Gasteiger partial charge in [0.15, 0.2) is 0 Å². The maximum Gasteiger partial charge on any atom is 0.214 e. The van der Waals surface area contributed by atoms with E-state index in [-0.39, 0.29) is 27.7 Å². The van der Waals surface area contributed by atoms with E-state index in [1.807, 2.05) is 6.07 Å². The molecule has 0 aliphatic rings. The number of nitrogen functional groups attached to an aromatic ring is 1. The zero-order valence-corrected chi connectivity index (χ0v) is 9.98. The predicted molar refractivity (Wildman–Crippen MR) is 68.2 cm³/mol. The molecule has 88 valence electrons. The van der Waals surface area contributed by atoms with E-state index in [2.05, 4.69) is 4.98 Å². The van der Waals surface area contributed by atoms with Crippen molar-refractivity contribution in [3.63, 3.8) is 0 Å². The zero-order valence-electron chi connectivity index (χ0n) is 9.22. The van der Waals surface area contributed by atoms with Crippen molar-refractivity contribution in [2.75, 3.05) is 5.73 Å². The second-order valence-corrected chi connectivity index (χ2v) is 3.95. The fraction of sp³-hybridized carbons (Fsp3) is 0. The van der Waals surface area contributed by atoms with Crippen LogP contribution in [0.2, 0.25) is 5.15 Å². The highest BCUT2D eigenvalue weighted by Gasteiger charge is 2.17. The van der Waals surface area contributed by atoms with Crippen LogP contribution in [0, 0.1) is 11.3 Å². The molecule has 0 spiro atoms. The minimum absolute atomic E-state index is 0.0604. The summed E-state index contributed by atoms with van der Waals surface area (Å²) in [5.74, 6) is -0.410. The number of ketones is 1. The van der Waals surface area contributed by atoms with Gasteiger partial charge >= 0.3 is 0 Å². The molecule has 5 heteroatoms. The van der Waals surface area contributed by atoms with E-state index in [0.29, 0.717) is 0 Å². The number of anilines is 1. The zero-order chi connectivity index (χ0) is 13.1. The van der Waals surface area contributed by atoms with Gasteiger partial charge in [0, 0.05) is 5.56 Å². The van der Waals surface area contributed by atoms with Crippen LogP contribution < -0.4 is 5.73 Å². The van der Waals surface area contributed by atoms with Crippen molar-refractivity contribution in [1.82, 2.24) is 4.98 Å². The van der Waals surface area contributed by atoms with Crippen molar-refractivity contribution >= 4 is 23.1 Å². The van der Waals surface area contributed by atoms with Gasteiger partial charge in [0.2, 0.25) is 5.78 Å². The Morgan fingerprint density at radius 1 is 1.28 bits per heavy atom. The number of benzene rings is 1. The number of pyridine rings is 1. The normalized spacial score (nSPS) is 9.78. The SMILES string of the molecule is N#Cc1ccccc1C(=O)c1nc(Cl)ccc1N. The number of nitrogens with zero attached hydrogens (tertiary/aromatic N) is 2. The largest absolute Gasteiger partial charge is 0.397 e. The number of hydrogen-bond donors (Lipinski definition) is 1. The van der Waals surface area contributed by atoms with Gasteiger partial charge in [0.25, 0.3) is 0 Å². The van der Waals surface area contributed by atoms with Crippen molar-refractivity contribution in [3.8, 4) is 6.07 Å². The molecule has 0 saturated heterocycles. The first-order chi connectivity index (χ1) is 8.63. The van der Waals surface area contributed by atoms with Crippen molar-refractivity contribution in [2.24, 2.45) is 0 Å². The van der Waals surface area contributed by atoms with Gasteiger partial charge in [0.1, 0.15) is 10.8 Å². The van der Waals surface area contributed by atoms with E-state index in [0.717, 1.165) is 0 Å². The summed E-state index contributed by atoms with van der Waals surface area (Å²) < 4.78 is 0. The van der Waals surface area contributed by atoms with E-state index < -0.39 is 5.78 Å². The molecule has 0 saturated carbocycles. The van der Waals surface area contributed by atoms with E-state index in [1.54, 1.807) is 24.3 Å². The summed E-state index contributed by atoms with van der Waals surface area (Å²) >= 11 is 5.74. The van der Waals surface area contributed by atoms with E-state index >= 15 is 0 Å². The van der Waals surface area contributed by atoms with Crippen LogP contribution in [0.1, 0.15) is 21.6 Å². The van der Waals surface area contributed by atoms with Crippen LogP contribution in [-0.4, -0.2) is 10.8 Å². The van der Waals surface area contributed by atoms with Crippen molar-refractivity contribution in [3.05, 3.63) is 58.4 Å². The topological polar surface area (TPSA) is 79.8 Å². The molecule has 0 bridgehead atoms. The lowest BCUT2D eigenvalue weighted by Gasteiger charge is -2.05. The number of nitriles is 1. The summed E-state index contributed by atoms with van der Waals surface area (Å²) in [4.78, 5) is 16.2. The van der Waals surface area contributed by atoms with Gasteiger partial charge in [0.05, 0.1) is 17.3 Å². The Morgan fingerprint density at radius 2 is 2.00 bits per heavy atom. The first-order valence-corrected chi connectivity index (χ1v) is 5.47. The molecule has 18 heavy (non-hydrogen) atoms. The fourth-order valence-corrected chi connectivity index (χ4v) is 1.68. The van der Waals surface area contributed by atoms with Gasteiger partial charge in [-0.15, -0.1) is 0 Å². The third-order valence-corrected chi connectivity index (χ3v) is 2.61. The monoisotopic (exact) mass is 257 g/mol. The summed E-state index contributed by atoms with van der Waals surface area (Å²) in [6.45, 7) is 0. The molecular formula is C13H8ClN3O. The highest BCUT2D eigenvalue weighted by Crippen LogP contribution is 2.19. The number of rotatable bonds is 2. The van der Waals surface area contributed by atoms with Crippen molar-refractivity contribution < 1.29 is 4.79 Å². The molecule has 0 unspecified atom stereocenters. The lowest BCUT2D eigenvalue weighted by atomic mass is 10.0. The quantitative estimate of drug-likeness (QED) is 0.662. The molecule has 0 aliphatic heterocycles. The van der Waals surface area contributed by atoms with Crippen molar-refractivity contribution in [2.45, 2.75) is 0 Å². The molecule has 2 rings (SSSR count). The molecule has 1 aromatic carbocycles. The molecule has 0 aliphatic carbocycles. The Kier molecular flexibility index (Phi) is 3.26. The second-order valence-electron chi connectivity index (χ2n) is 3.56. The predicted octanol–water partition coefficient (Wildman–Crippen LogP) is 2.42. The van der Waals surface area contributed by atoms with Gasteiger partial charge in [-0.2, -0.15) is 5.26 Å². The minimum atomic E-state index is -0.410. The highest BCUT2D eigenvalue weighted by atomic mass is 35.5. The van der Waals surface area contributed by atoms with Crippen molar-refractivity contribution in [1.29, 1.82) is 5.26 Å². The Hall–Kier alpha value is -2.38. The van der Waals surface area contributed by atoms with Crippen LogP contribution in [0.15, 0.2) is 36.4 Å². The first-order valence-electron chi connectivity index (χ1n) is 5.09. The number of hydrogen-bond acceptors (Lipinski definition) is 4. The van der Waals surface area contributed by atoms with Gasteiger partial charge in [-0.3, -0.25) is 4.79 Å². The van der Waals surface area contributed by atoms with Crippen LogP contribution in [0.5, 0.6) is 0 Å². The lowest BCUT2D eigenvalue weighted by molar-refractivity contribution is 0.103. The van der Waals surface area contributed by atoms with Crippen LogP contribution in [0.4, 0.5) is 5.69 Å². The maximum atomic E-state index is 12.2. The Labute approximate surface area is 109 Å². The lowest BCUT2D eigenvalue weighted by Crippen LogP contribution is -2.09. The van der Waals surface area contributed by atoms with Crippen LogP contribution in [-0.2, 0) is 0 Å². The minimum Gasteiger partial charge on any atom is -0.397 e. The summed E-state index contributed by atoms with van der Waals surface area (Å²) in [6.07, 6.45) is 0. The number of nitrogens with two attached hydrogens (primary N) is 1. The average Bonchev–Trinajstić information content (AvgIpc) is 2.40. The summed E-state index contributed by atoms with van der Waals surface area (Å²) in [5.41, 5.74) is 6.53. The molecule has 0 amide bonds. The maximum absolute atomic E-state index is 12.2. The van der Waals surface area contributed by atoms with Gasteiger partial charge < -0.3 is 5.73 Å². The molecule has 1 heterocycles. The van der Waals surface area contributed by atoms with E-state index in [9.17, 15) is 4.79 Å². The standard InChI is InChI=1S/C13H8ClN3O/c14-11-6-5-10(16)12(17-11)13(18)9-4-2-1-3-8(9)7-15/h1-6H,16H2. The van der Waals surface area contributed by atoms with E-state index in [1.165, 1.54) is 12.1 Å². The second kappa shape index (κ2) is 4.86. The fourth-order valence-electron chi connectivity index (χ4n) is 1.53. The number of halogens is 1. The smallest absolute Gasteiger partial charge is 0.214 e. The number of aromatic nitrogens is 1. The third-order valence-electron chi connectivity index (χ3n) is 2.40. The van der Waals surface area contributed by atoms with Gasteiger partial charge in [-0.25, -0.2) is 4.98 Å². The summed E-state index contributed by atoms with van der Waals surface area (Å²) in [5, 5.41) is 9.14. The Balaban J connectivity index is 2.55. The molecule has 0 radical (unpaired) electrons. The molecule has 1 aromatic heterocycles. The van der Waals surface area contributed by atoms with Crippen LogP contribution in [0.25, 0.3) is 0 Å².